The lowest BCUT2D eigenvalue weighted by atomic mass is 9.80. The van der Waals surface area contributed by atoms with E-state index < -0.39 is 5.79 Å². The van der Waals surface area contributed by atoms with E-state index in [1.165, 1.54) is 5.56 Å². The number of amides is 1. The number of pyridine rings is 1. The second kappa shape index (κ2) is 10.9. The number of aromatic nitrogens is 1. The van der Waals surface area contributed by atoms with Crippen molar-refractivity contribution in [1.29, 1.82) is 0 Å². The number of methoxy groups -OCH3 is 1. The molecule has 1 amide bonds. The molecule has 0 bridgehead atoms. The van der Waals surface area contributed by atoms with Crippen molar-refractivity contribution >= 4 is 29.3 Å². The number of halogens is 1. The fourth-order valence-corrected chi connectivity index (χ4v) is 8.05. The van der Waals surface area contributed by atoms with Crippen LogP contribution in [0.5, 0.6) is 11.5 Å². The zero-order chi connectivity index (χ0) is 28.2. The van der Waals surface area contributed by atoms with Gasteiger partial charge in [-0.2, -0.15) is 0 Å². The Balaban J connectivity index is 1.15. The molecule has 0 radical (unpaired) electrons. The smallest absolute Gasteiger partial charge is 0.254 e. The van der Waals surface area contributed by atoms with Crippen molar-refractivity contribution in [3.63, 3.8) is 0 Å². The lowest BCUT2D eigenvalue weighted by molar-refractivity contribution is -0.130. The van der Waals surface area contributed by atoms with Crippen molar-refractivity contribution in [2.45, 2.75) is 88.2 Å². The Hall–Kier alpha value is -2.20. The first-order valence-corrected chi connectivity index (χ1v) is 15.9. The molecule has 0 spiro atoms. The average molecular weight is 588 g/mol. The second-order valence-electron chi connectivity index (χ2n) is 11.7. The number of nitrogens with zero attached hydrogens (tertiary/aromatic N) is 1. The highest BCUT2D eigenvalue weighted by Gasteiger charge is 2.48. The number of carbonyl (C=O) groups excluding carboxylic acids is 1. The summed E-state index contributed by atoms with van der Waals surface area (Å²) in [5.74, 6) is 0.140. The van der Waals surface area contributed by atoms with Gasteiger partial charge in [0.1, 0.15) is 0 Å². The van der Waals surface area contributed by atoms with Gasteiger partial charge in [0.15, 0.2) is 11.5 Å². The molecule has 1 unspecified atom stereocenters. The summed E-state index contributed by atoms with van der Waals surface area (Å²) in [6, 6.07) is 2.23. The molecule has 2 N–H and O–H groups in total. The molecule has 2 aromatic rings. The van der Waals surface area contributed by atoms with Gasteiger partial charge in [-0.15, -0.1) is 11.8 Å². The number of ether oxygens (including phenoxy) is 3. The Morgan fingerprint density at radius 1 is 1.23 bits per heavy atom. The number of hydrogen-bond donors (Lipinski definition) is 2. The van der Waals surface area contributed by atoms with Crippen LogP contribution in [0.4, 0.5) is 0 Å². The summed E-state index contributed by atoms with van der Waals surface area (Å²) in [4.78, 5) is 32.7. The third-order valence-corrected chi connectivity index (χ3v) is 10.6. The van der Waals surface area contributed by atoms with E-state index in [2.05, 4.69) is 15.2 Å². The fraction of sp³-hybridized carbons (Fsp3) is 0.600. The summed E-state index contributed by atoms with van der Waals surface area (Å²) in [5.41, 5.74) is 3.81. The largest absolute Gasteiger partial charge is 0.448 e. The first-order chi connectivity index (χ1) is 19.2. The van der Waals surface area contributed by atoms with Gasteiger partial charge in [0.05, 0.1) is 16.7 Å². The summed E-state index contributed by atoms with van der Waals surface area (Å²) in [5, 5.41) is 3.31. The first-order valence-electron chi connectivity index (χ1n) is 14.3. The highest BCUT2D eigenvalue weighted by Crippen LogP contribution is 2.52. The van der Waals surface area contributed by atoms with Gasteiger partial charge in [-0.1, -0.05) is 11.6 Å². The van der Waals surface area contributed by atoms with Gasteiger partial charge < -0.3 is 24.5 Å². The van der Waals surface area contributed by atoms with Crippen LogP contribution in [-0.4, -0.2) is 60.2 Å². The second-order valence-corrected chi connectivity index (χ2v) is 12.9. The van der Waals surface area contributed by atoms with Gasteiger partial charge in [-0.25, -0.2) is 0 Å². The van der Waals surface area contributed by atoms with Crippen LogP contribution in [0.15, 0.2) is 15.8 Å². The third-order valence-electron chi connectivity index (χ3n) is 9.39. The van der Waals surface area contributed by atoms with Crippen LogP contribution >= 0.6 is 23.4 Å². The molecule has 1 saturated carbocycles. The van der Waals surface area contributed by atoms with Crippen molar-refractivity contribution in [2.24, 2.45) is 5.92 Å². The normalized spacial score (nSPS) is 26.0. The number of nitrogens with one attached hydrogen (secondary N) is 2. The maximum atomic E-state index is 13.4. The monoisotopic (exact) mass is 587 g/mol. The van der Waals surface area contributed by atoms with Gasteiger partial charge >= 0.3 is 0 Å². The molecule has 2 fully saturated rings. The van der Waals surface area contributed by atoms with Crippen LogP contribution in [-0.2, 0) is 24.1 Å². The molecule has 3 heterocycles. The summed E-state index contributed by atoms with van der Waals surface area (Å²) >= 11 is 8.24. The molecule has 10 heteroatoms. The molecule has 6 rings (SSSR count). The molecule has 1 aromatic carbocycles. The topological polar surface area (TPSA) is 92.9 Å². The summed E-state index contributed by atoms with van der Waals surface area (Å²) in [7, 11) is 1.78. The predicted octanol–water partition coefficient (Wildman–Crippen LogP) is 4.85. The van der Waals surface area contributed by atoms with E-state index in [0.29, 0.717) is 45.4 Å². The SMILES string of the molecule is COC1CN(C2CCC(C3(C)Oc4c(Cl)cc(C(=O)NCc5c(SC)c6c([nH]c5=O)CCC6)c(C)c4O3)CC2)C1. The highest BCUT2D eigenvalue weighted by atomic mass is 35.5. The minimum Gasteiger partial charge on any atom is -0.448 e. The molecule has 1 aromatic heterocycles. The maximum Gasteiger partial charge on any atom is 0.254 e. The van der Waals surface area contributed by atoms with Gasteiger partial charge in [0.25, 0.3) is 17.3 Å². The minimum absolute atomic E-state index is 0.135. The number of rotatable bonds is 7. The zero-order valence-electron chi connectivity index (χ0n) is 23.7. The lowest BCUT2D eigenvalue weighted by Gasteiger charge is -2.47. The Bertz CT molecular complexity index is 1380. The predicted molar refractivity (Wildman–Crippen MR) is 156 cm³/mol. The van der Waals surface area contributed by atoms with Crippen molar-refractivity contribution in [3.05, 3.63) is 49.4 Å². The number of hydrogen-bond acceptors (Lipinski definition) is 7. The Labute approximate surface area is 244 Å². The van der Waals surface area contributed by atoms with E-state index in [0.717, 1.165) is 68.6 Å². The Morgan fingerprint density at radius 3 is 2.65 bits per heavy atom. The van der Waals surface area contributed by atoms with Gasteiger partial charge in [-0.05, 0) is 69.8 Å². The van der Waals surface area contributed by atoms with Crippen LogP contribution in [0.25, 0.3) is 0 Å². The quantitative estimate of drug-likeness (QED) is 0.447. The number of aromatic amines is 1. The molecular formula is C30H38ClN3O5S. The molecule has 1 saturated heterocycles. The van der Waals surface area contributed by atoms with Gasteiger partial charge in [0, 0.05) is 67.3 Å². The molecule has 2 aliphatic heterocycles. The maximum absolute atomic E-state index is 13.4. The van der Waals surface area contributed by atoms with Gasteiger partial charge in [-0.3, -0.25) is 14.5 Å². The number of thioether (sulfide) groups is 1. The van der Waals surface area contributed by atoms with Crippen molar-refractivity contribution in [2.75, 3.05) is 26.5 Å². The van der Waals surface area contributed by atoms with Crippen molar-refractivity contribution in [3.8, 4) is 11.5 Å². The van der Waals surface area contributed by atoms with E-state index >= 15 is 0 Å². The van der Waals surface area contributed by atoms with Gasteiger partial charge in [0.2, 0.25) is 0 Å². The lowest BCUT2D eigenvalue weighted by Crippen LogP contribution is -2.57. The number of fused-ring (bicyclic) bond motifs is 2. The van der Waals surface area contributed by atoms with E-state index in [-0.39, 0.29) is 23.9 Å². The van der Waals surface area contributed by atoms with Crippen LogP contribution in [0.3, 0.4) is 0 Å². The molecule has 2 aliphatic carbocycles. The van der Waals surface area contributed by atoms with E-state index in [1.54, 1.807) is 24.9 Å². The number of benzene rings is 1. The van der Waals surface area contributed by atoms with E-state index in [9.17, 15) is 9.59 Å². The summed E-state index contributed by atoms with van der Waals surface area (Å²) in [6.07, 6.45) is 9.42. The number of aryl methyl sites for hydroxylation is 1. The number of likely N-dealkylation sites (tertiary alicyclic amines) is 1. The Morgan fingerprint density at radius 2 is 1.95 bits per heavy atom. The molecular weight excluding hydrogens is 550 g/mol. The number of carbonyl (C=O) groups is 1. The molecule has 8 nitrogen and oxygen atoms in total. The van der Waals surface area contributed by atoms with E-state index in [1.807, 2.05) is 20.1 Å². The molecule has 216 valence electrons. The molecule has 4 aliphatic rings. The molecule has 1 atom stereocenters. The zero-order valence-corrected chi connectivity index (χ0v) is 25.2. The first kappa shape index (κ1) is 27.9. The summed E-state index contributed by atoms with van der Waals surface area (Å²) in [6.45, 7) is 6.03. The van der Waals surface area contributed by atoms with Crippen LogP contribution < -0.4 is 20.3 Å². The van der Waals surface area contributed by atoms with Crippen molar-refractivity contribution in [1.82, 2.24) is 15.2 Å². The standard InChI is InChI=1S/C30H38ClN3O5S/c1-16-21(28(35)32-13-22-27(40-4)20-6-5-7-24(20)33-29(22)36)12-23(31)26-25(16)38-30(2,39-26)17-8-10-18(11-9-17)34-14-19(15-34)37-3/h12,17-19H,5-11,13-15H2,1-4H3,(H,32,35)(H,33,36). The minimum atomic E-state index is -0.828. The van der Waals surface area contributed by atoms with Crippen LogP contribution in [0.1, 0.15) is 71.8 Å². The molecule has 40 heavy (non-hydrogen) atoms. The van der Waals surface area contributed by atoms with Crippen molar-refractivity contribution < 1.29 is 19.0 Å². The third kappa shape index (κ3) is 4.82. The van der Waals surface area contributed by atoms with E-state index in [4.69, 9.17) is 25.8 Å². The highest BCUT2D eigenvalue weighted by molar-refractivity contribution is 7.98. The number of H-pyrrole nitrogens is 1. The fourth-order valence-electron chi connectivity index (χ4n) is 6.93. The van der Waals surface area contributed by atoms with Crippen LogP contribution in [0.2, 0.25) is 5.02 Å². The summed E-state index contributed by atoms with van der Waals surface area (Å²) < 4.78 is 18.3. The van der Waals surface area contributed by atoms with Crippen LogP contribution in [0, 0.1) is 12.8 Å². The average Bonchev–Trinajstić information content (AvgIpc) is 3.54. The Kier molecular flexibility index (Phi) is 7.61.